The van der Waals surface area contributed by atoms with Crippen LogP contribution in [0.15, 0.2) is 5.16 Å². The summed E-state index contributed by atoms with van der Waals surface area (Å²) in [6, 6.07) is 0. The maximum absolute atomic E-state index is 5.17. The predicted molar refractivity (Wildman–Crippen MR) is 60.5 cm³/mol. The molecule has 0 saturated carbocycles. The molecule has 1 rings (SSSR count). The molecule has 0 aromatic carbocycles. The number of terminal acetylenes is 1. The van der Waals surface area contributed by atoms with Crippen LogP contribution in [0.25, 0.3) is 0 Å². The Morgan fingerprint density at radius 1 is 1.53 bits per heavy atom. The van der Waals surface area contributed by atoms with Gasteiger partial charge in [0.05, 0.1) is 12.3 Å². The standard InChI is InChI=1S/C9H15N5S/c1-3-5-10-6-7-14-9(11-12-13-14)15-8-4-2/h2,10H,3,5-8H2,1H3. The third-order valence-corrected chi connectivity index (χ3v) is 2.57. The van der Waals surface area contributed by atoms with E-state index in [0.29, 0.717) is 5.75 Å². The molecule has 0 aliphatic carbocycles. The van der Waals surface area contributed by atoms with Crippen LogP contribution in [0.1, 0.15) is 13.3 Å². The van der Waals surface area contributed by atoms with Gasteiger partial charge in [0.2, 0.25) is 5.16 Å². The molecule has 15 heavy (non-hydrogen) atoms. The highest BCUT2D eigenvalue weighted by atomic mass is 32.2. The maximum Gasteiger partial charge on any atom is 0.210 e. The Morgan fingerprint density at radius 3 is 3.13 bits per heavy atom. The fourth-order valence-electron chi connectivity index (χ4n) is 1.03. The second-order valence-corrected chi connectivity index (χ2v) is 3.87. The van der Waals surface area contributed by atoms with Gasteiger partial charge in [-0.3, -0.25) is 0 Å². The van der Waals surface area contributed by atoms with Gasteiger partial charge in [0.15, 0.2) is 0 Å². The molecule has 0 aliphatic heterocycles. The monoisotopic (exact) mass is 225 g/mol. The number of tetrazole rings is 1. The van der Waals surface area contributed by atoms with Gasteiger partial charge >= 0.3 is 0 Å². The number of hydrogen-bond acceptors (Lipinski definition) is 5. The molecule has 0 fully saturated rings. The number of nitrogens with one attached hydrogen (secondary N) is 1. The molecule has 6 heteroatoms. The largest absolute Gasteiger partial charge is 0.315 e. The Morgan fingerprint density at radius 2 is 2.40 bits per heavy atom. The van der Waals surface area contributed by atoms with Gasteiger partial charge in [-0.2, -0.15) is 0 Å². The van der Waals surface area contributed by atoms with Gasteiger partial charge < -0.3 is 5.32 Å². The van der Waals surface area contributed by atoms with Crippen molar-refractivity contribution < 1.29 is 0 Å². The van der Waals surface area contributed by atoms with Crippen molar-refractivity contribution in [1.82, 2.24) is 25.5 Å². The summed E-state index contributed by atoms with van der Waals surface area (Å²) < 4.78 is 1.77. The van der Waals surface area contributed by atoms with E-state index in [-0.39, 0.29) is 0 Å². The lowest BCUT2D eigenvalue weighted by Crippen LogP contribution is -2.21. The third-order valence-electron chi connectivity index (χ3n) is 1.71. The number of hydrogen-bond donors (Lipinski definition) is 1. The molecule has 0 amide bonds. The Hall–Kier alpha value is -1.06. The Balaban J connectivity index is 2.33. The summed E-state index contributed by atoms with van der Waals surface area (Å²) in [6.45, 7) is 4.82. The third kappa shape index (κ3) is 4.32. The number of thioether (sulfide) groups is 1. The summed E-state index contributed by atoms with van der Waals surface area (Å²) in [6.07, 6.45) is 6.31. The highest BCUT2D eigenvalue weighted by Gasteiger charge is 2.04. The minimum Gasteiger partial charge on any atom is -0.315 e. The van der Waals surface area contributed by atoms with E-state index in [2.05, 4.69) is 33.7 Å². The quantitative estimate of drug-likeness (QED) is 0.413. The SMILES string of the molecule is C#CCSc1nnnn1CCNCCC. The Bertz CT molecular complexity index is 317. The van der Waals surface area contributed by atoms with Crippen molar-refractivity contribution in [2.45, 2.75) is 25.0 Å². The van der Waals surface area contributed by atoms with E-state index >= 15 is 0 Å². The van der Waals surface area contributed by atoms with Gasteiger partial charge in [-0.05, 0) is 23.4 Å². The second kappa shape index (κ2) is 7.26. The first-order chi connectivity index (χ1) is 7.38. The molecule has 0 bridgehead atoms. The van der Waals surface area contributed by atoms with Crippen molar-refractivity contribution >= 4 is 11.8 Å². The lowest BCUT2D eigenvalue weighted by molar-refractivity contribution is 0.511. The molecule has 0 radical (unpaired) electrons. The van der Waals surface area contributed by atoms with Crippen LogP contribution < -0.4 is 5.32 Å². The highest BCUT2D eigenvalue weighted by Crippen LogP contribution is 2.11. The van der Waals surface area contributed by atoms with Gasteiger partial charge in [-0.1, -0.05) is 24.6 Å². The molecule has 1 aromatic heterocycles. The van der Waals surface area contributed by atoms with E-state index in [1.54, 1.807) is 4.68 Å². The van der Waals surface area contributed by atoms with E-state index < -0.39 is 0 Å². The average molecular weight is 225 g/mol. The molecule has 82 valence electrons. The maximum atomic E-state index is 5.17. The lowest BCUT2D eigenvalue weighted by atomic mass is 10.5. The zero-order valence-corrected chi connectivity index (χ0v) is 9.63. The van der Waals surface area contributed by atoms with Crippen LogP contribution in [-0.4, -0.2) is 39.0 Å². The zero-order valence-electron chi connectivity index (χ0n) is 8.81. The van der Waals surface area contributed by atoms with Gasteiger partial charge in [-0.25, -0.2) is 4.68 Å². The lowest BCUT2D eigenvalue weighted by Gasteiger charge is -2.03. The van der Waals surface area contributed by atoms with Crippen LogP contribution in [0.3, 0.4) is 0 Å². The molecule has 1 N–H and O–H groups in total. The van der Waals surface area contributed by atoms with Crippen molar-refractivity contribution in [3.8, 4) is 12.3 Å². The van der Waals surface area contributed by atoms with E-state index in [4.69, 9.17) is 6.42 Å². The predicted octanol–water partition coefficient (Wildman–Crippen LogP) is 0.398. The summed E-state index contributed by atoms with van der Waals surface area (Å²) in [5.41, 5.74) is 0. The molecule has 0 saturated heterocycles. The summed E-state index contributed by atoms with van der Waals surface area (Å²) in [7, 11) is 0. The summed E-state index contributed by atoms with van der Waals surface area (Å²) in [4.78, 5) is 0. The van der Waals surface area contributed by atoms with Crippen LogP contribution in [0.5, 0.6) is 0 Å². The van der Waals surface area contributed by atoms with Crippen LogP contribution in [-0.2, 0) is 6.54 Å². The first-order valence-electron chi connectivity index (χ1n) is 4.91. The fourth-order valence-corrected chi connectivity index (χ4v) is 1.62. The van der Waals surface area contributed by atoms with E-state index in [1.807, 2.05) is 0 Å². The van der Waals surface area contributed by atoms with Crippen molar-refractivity contribution in [2.24, 2.45) is 0 Å². The van der Waals surface area contributed by atoms with Gasteiger partial charge in [0.25, 0.3) is 0 Å². The normalized spacial score (nSPS) is 10.1. The smallest absolute Gasteiger partial charge is 0.210 e. The summed E-state index contributed by atoms with van der Waals surface area (Å²) >= 11 is 1.48. The van der Waals surface area contributed by atoms with Crippen molar-refractivity contribution in [3.05, 3.63) is 0 Å². The highest BCUT2D eigenvalue weighted by molar-refractivity contribution is 7.99. The molecule has 1 aromatic rings. The molecule has 1 heterocycles. The van der Waals surface area contributed by atoms with E-state index in [0.717, 1.165) is 31.2 Å². The average Bonchev–Trinajstić information content (AvgIpc) is 2.69. The second-order valence-electron chi connectivity index (χ2n) is 2.93. The molecule has 0 aliphatic rings. The van der Waals surface area contributed by atoms with Gasteiger partial charge in [0.1, 0.15) is 0 Å². The Labute approximate surface area is 94.0 Å². The van der Waals surface area contributed by atoms with Gasteiger partial charge in [-0.15, -0.1) is 11.5 Å². The first kappa shape index (κ1) is 12.0. The van der Waals surface area contributed by atoms with Crippen molar-refractivity contribution in [1.29, 1.82) is 0 Å². The molecule has 0 atom stereocenters. The molecular weight excluding hydrogens is 210 g/mol. The Kier molecular flexibility index (Phi) is 5.81. The fraction of sp³-hybridized carbons (Fsp3) is 0.667. The topological polar surface area (TPSA) is 55.6 Å². The minimum absolute atomic E-state index is 0.600. The van der Waals surface area contributed by atoms with Crippen molar-refractivity contribution in [2.75, 3.05) is 18.8 Å². The van der Waals surface area contributed by atoms with E-state index in [9.17, 15) is 0 Å². The minimum atomic E-state index is 0.600. The molecule has 0 unspecified atom stereocenters. The van der Waals surface area contributed by atoms with Crippen LogP contribution >= 0.6 is 11.8 Å². The van der Waals surface area contributed by atoms with Crippen LogP contribution in [0.2, 0.25) is 0 Å². The number of aromatic nitrogens is 4. The summed E-state index contributed by atoms with van der Waals surface area (Å²) in [5.74, 6) is 3.15. The number of nitrogens with zero attached hydrogens (tertiary/aromatic N) is 4. The number of rotatable bonds is 7. The molecule has 5 nitrogen and oxygen atoms in total. The molecular formula is C9H15N5S. The van der Waals surface area contributed by atoms with Crippen molar-refractivity contribution in [3.63, 3.8) is 0 Å². The zero-order chi connectivity index (χ0) is 10.9. The van der Waals surface area contributed by atoms with Crippen LogP contribution in [0, 0.1) is 12.3 Å². The summed E-state index contributed by atoms with van der Waals surface area (Å²) in [5, 5.41) is 15.5. The molecule has 0 spiro atoms. The van der Waals surface area contributed by atoms with Crippen LogP contribution in [0.4, 0.5) is 0 Å². The first-order valence-corrected chi connectivity index (χ1v) is 5.90. The van der Waals surface area contributed by atoms with Gasteiger partial charge in [0, 0.05) is 6.54 Å². The van der Waals surface area contributed by atoms with E-state index in [1.165, 1.54) is 11.8 Å².